The number of pyridine rings is 1. The molecular weight excluding hydrogens is 348 g/mol. The van der Waals surface area contributed by atoms with E-state index in [2.05, 4.69) is 4.98 Å². The minimum atomic E-state index is -3.54. The van der Waals surface area contributed by atoms with Crippen molar-refractivity contribution < 1.29 is 18.3 Å². The summed E-state index contributed by atoms with van der Waals surface area (Å²) in [7, 11) is -2.10. The highest BCUT2D eigenvalue weighted by atomic mass is 35.5. The molecule has 0 N–H and O–H groups in total. The molecule has 2 rings (SSSR count). The molecule has 0 aliphatic heterocycles. The number of halogens is 2. The predicted octanol–water partition coefficient (Wildman–Crippen LogP) is 4.44. The van der Waals surface area contributed by atoms with Crippen LogP contribution in [0.25, 0.3) is 10.9 Å². The molecule has 0 bridgehead atoms. The fourth-order valence-corrected chi connectivity index (χ4v) is 4.27. The maximum Gasteiger partial charge on any atom is 0.366 e. The van der Waals surface area contributed by atoms with Crippen molar-refractivity contribution in [3.05, 3.63) is 28.2 Å². The topological polar surface area (TPSA) is 57.7 Å². The van der Waals surface area contributed by atoms with Crippen molar-refractivity contribution >= 4 is 47.0 Å². The third-order valence-electron chi connectivity index (χ3n) is 2.88. The minimum Gasteiger partial charge on any atom is -0.480 e. The minimum absolute atomic E-state index is 0.163. The maximum absolute atomic E-state index is 13.0. The fourth-order valence-electron chi connectivity index (χ4n) is 2.03. The monoisotopic (exact) mass is 363 g/mol. The Bertz CT molecular complexity index is 728. The number of fused-ring (bicyclic) bond motifs is 1. The molecule has 8 heteroatoms. The number of hydrogen-bond acceptors (Lipinski definition) is 5. The van der Waals surface area contributed by atoms with E-state index in [1.807, 2.05) is 0 Å². The number of nitrogens with zero attached hydrogens (tertiary/aromatic N) is 1. The van der Waals surface area contributed by atoms with E-state index in [4.69, 9.17) is 37.0 Å². The lowest BCUT2D eigenvalue weighted by Gasteiger charge is -2.19. The van der Waals surface area contributed by atoms with Gasteiger partial charge in [-0.25, -0.2) is 4.98 Å². The van der Waals surface area contributed by atoms with Gasteiger partial charge in [-0.2, -0.15) is 0 Å². The van der Waals surface area contributed by atoms with Crippen molar-refractivity contribution in [3.63, 3.8) is 0 Å². The lowest BCUT2D eigenvalue weighted by atomic mass is 10.2. The molecule has 1 aromatic carbocycles. The van der Waals surface area contributed by atoms with Crippen LogP contribution in [0.5, 0.6) is 5.88 Å². The third kappa shape index (κ3) is 3.39. The zero-order valence-corrected chi connectivity index (χ0v) is 14.8. The molecule has 120 valence electrons. The summed E-state index contributed by atoms with van der Waals surface area (Å²) in [5.74, 6) is 0.163. The Morgan fingerprint density at radius 3 is 2.32 bits per heavy atom. The number of hydrogen-bond donors (Lipinski definition) is 0. The molecule has 0 spiro atoms. The summed E-state index contributed by atoms with van der Waals surface area (Å²) < 4.78 is 28.9. The van der Waals surface area contributed by atoms with E-state index in [9.17, 15) is 4.57 Å². The van der Waals surface area contributed by atoms with Gasteiger partial charge in [-0.15, -0.1) is 0 Å². The fraction of sp³-hybridized carbons (Fsp3) is 0.357. The van der Waals surface area contributed by atoms with Crippen molar-refractivity contribution in [1.29, 1.82) is 0 Å². The van der Waals surface area contributed by atoms with Gasteiger partial charge in [0.25, 0.3) is 0 Å². The molecule has 22 heavy (non-hydrogen) atoms. The zero-order valence-electron chi connectivity index (χ0n) is 12.4. The summed E-state index contributed by atoms with van der Waals surface area (Å²) in [6, 6.07) is 4.86. The Hall–Kier alpha value is -0.840. The maximum atomic E-state index is 13.0. The highest BCUT2D eigenvalue weighted by Gasteiger charge is 2.32. The molecule has 0 aliphatic rings. The van der Waals surface area contributed by atoms with Crippen LogP contribution >= 0.6 is 30.8 Å². The molecule has 0 aliphatic carbocycles. The van der Waals surface area contributed by atoms with Gasteiger partial charge >= 0.3 is 7.60 Å². The van der Waals surface area contributed by atoms with Crippen LogP contribution in [0.15, 0.2) is 18.2 Å². The summed E-state index contributed by atoms with van der Waals surface area (Å²) in [5, 5.41) is 1.70. The summed E-state index contributed by atoms with van der Waals surface area (Å²) in [6.07, 6.45) is 0. The second kappa shape index (κ2) is 7.16. The molecule has 0 fully saturated rings. The first kappa shape index (κ1) is 17.5. The number of methoxy groups -OCH3 is 1. The highest BCUT2D eigenvalue weighted by Crippen LogP contribution is 2.49. The van der Waals surface area contributed by atoms with E-state index in [1.165, 1.54) is 7.11 Å². The van der Waals surface area contributed by atoms with Crippen LogP contribution in [0, 0.1) is 0 Å². The summed E-state index contributed by atoms with van der Waals surface area (Å²) in [5.41, 5.74) is 0.539. The van der Waals surface area contributed by atoms with Crippen LogP contribution in [0.4, 0.5) is 0 Å². The van der Waals surface area contributed by atoms with Gasteiger partial charge in [0.15, 0.2) is 0 Å². The van der Waals surface area contributed by atoms with Crippen LogP contribution in [-0.2, 0) is 13.6 Å². The molecule has 5 nitrogen and oxygen atoms in total. The van der Waals surface area contributed by atoms with E-state index in [0.717, 1.165) is 0 Å². The van der Waals surface area contributed by atoms with Crippen molar-refractivity contribution in [2.45, 2.75) is 13.8 Å². The second-order valence-corrected chi connectivity index (χ2v) is 7.14. The lowest BCUT2D eigenvalue weighted by molar-refractivity contribution is 0.229. The van der Waals surface area contributed by atoms with Crippen LogP contribution < -0.4 is 10.0 Å². The SMILES string of the molecule is CCOP(=O)(OCC)c1cc2c(Cl)cc(Cl)cc2nc1OC. The summed E-state index contributed by atoms with van der Waals surface area (Å²) in [6.45, 7) is 3.93. The lowest BCUT2D eigenvalue weighted by Crippen LogP contribution is -2.15. The average Bonchev–Trinajstić information content (AvgIpc) is 2.46. The Labute approximate surface area is 139 Å². The van der Waals surface area contributed by atoms with E-state index >= 15 is 0 Å². The summed E-state index contributed by atoms with van der Waals surface area (Å²) >= 11 is 12.2. The van der Waals surface area contributed by atoms with Crippen molar-refractivity contribution in [2.75, 3.05) is 20.3 Å². The molecular formula is C14H16Cl2NO4P. The van der Waals surface area contributed by atoms with Crippen LogP contribution in [0.2, 0.25) is 10.0 Å². The van der Waals surface area contributed by atoms with Crippen molar-refractivity contribution in [1.82, 2.24) is 4.98 Å². The van der Waals surface area contributed by atoms with Gasteiger partial charge in [-0.3, -0.25) is 4.57 Å². The standard InChI is InChI=1S/C14H16Cl2NO4P/c1-4-20-22(18,21-5-2)13-8-10-11(16)6-9(15)7-12(10)17-14(13)19-3/h6-8H,4-5H2,1-3H3. The van der Waals surface area contributed by atoms with Gasteiger partial charge in [0.2, 0.25) is 5.88 Å². The number of rotatable bonds is 6. The first-order chi connectivity index (χ1) is 10.4. The Balaban J connectivity index is 2.73. The van der Waals surface area contributed by atoms with Gasteiger partial charge in [-0.1, -0.05) is 23.2 Å². The molecule has 0 saturated heterocycles. The van der Waals surface area contributed by atoms with Crippen LogP contribution in [0.1, 0.15) is 13.8 Å². The molecule has 0 saturated carbocycles. The van der Waals surface area contributed by atoms with Gasteiger partial charge < -0.3 is 13.8 Å². The summed E-state index contributed by atoms with van der Waals surface area (Å²) in [4.78, 5) is 4.32. The normalized spacial score (nSPS) is 11.9. The molecule has 0 amide bonds. The van der Waals surface area contributed by atoms with Crippen molar-refractivity contribution in [3.8, 4) is 5.88 Å². The van der Waals surface area contributed by atoms with Gasteiger partial charge in [-0.05, 0) is 32.0 Å². The predicted molar refractivity (Wildman–Crippen MR) is 88.8 cm³/mol. The van der Waals surface area contributed by atoms with Crippen LogP contribution in [0.3, 0.4) is 0 Å². The molecule has 0 unspecified atom stereocenters. The Kier molecular flexibility index (Phi) is 5.70. The van der Waals surface area contributed by atoms with E-state index < -0.39 is 7.60 Å². The third-order valence-corrected chi connectivity index (χ3v) is 5.52. The smallest absolute Gasteiger partial charge is 0.366 e. The first-order valence-corrected chi connectivity index (χ1v) is 8.98. The van der Waals surface area contributed by atoms with Crippen molar-refractivity contribution in [2.24, 2.45) is 0 Å². The Morgan fingerprint density at radius 2 is 1.77 bits per heavy atom. The second-order valence-electron chi connectivity index (χ2n) is 4.30. The van der Waals surface area contributed by atoms with Gasteiger partial charge in [0.1, 0.15) is 5.30 Å². The quantitative estimate of drug-likeness (QED) is 0.710. The first-order valence-electron chi connectivity index (χ1n) is 6.68. The van der Waals surface area contributed by atoms with Gasteiger partial charge in [0.05, 0.1) is 30.9 Å². The molecule has 2 aromatic rings. The average molecular weight is 364 g/mol. The Morgan fingerprint density at radius 1 is 1.14 bits per heavy atom. The van der Waals surface area contributed by atoms with Gasteiger partial charge in [0, 0.05) is 10.4 Å². The van der Waals surface area contributed by atoms with E-state index in [0.29, 0.717) is 20.9 Å². The largest absolute Gasteiger partial charge is 0.480 e. The van der Waals surface area contributed by atoms with E-state index in [1.54, 1.807) is 32.0 Å². The number of aromatic nitrogens is 1. The zero-order chi connectivity index (χ0) is 16.3. The van der Waals surface area contributed by atoms with E-state index in [-0.39, 0.29) is 24.4 Å². The number of ether oxygens (including phenoxy) is 1. The molecule has 1 heterocycles. The highest BCUT2D eigenvalue weighted by molar-refractivity contribution is 7.62. The molecule has 0 atom stereocenters. The number of benzene rings is 1. The molecule has 1 aromatic heterocycles. The molecule has 0 radical (unpaired) electrons. The van der Waals surface area contributed by atoms with Crippen LogP contribution in [-0.4, -0.2) is 25.3 Å².